The van der Waals surface area contributed by atoms with Crippen LogP contribution in [0.2, 0.25) is 0 Å². The maximum atomic E-state index is 5.19. The SMILES string of the molecule is Cc1ccn2c(C3CCN(CCc4ccccc4)CC3)nc(-c3ccccc3)c2c1. The molecule has 5 rings (SSSR count). The number of nitrogens with zero attached hydrogens (tertiary/aromatic N) is 3. The lowest BCUT2D eigenvalue weighted by atomic mass is 9.95. The van der Waals surface area contributed by atoms with E-state index in [9.17, 15) is 0 Å². The van der Waals surface area contributed by atoms with Crippen molar-refractivity contribution in [3.8, 4) is 11.3 Å². The second kappa shape index (κ2) is 8.45. The number of pyridine rings is 1. The second-order valence-corrected chi connectivity index (χ2v) is 8.50. The fourth-order valence-electron chi connectivity index (χ4n) is 4.66. The van der Waals surface area contributed by atoms with Crippen molar-refractivity contribution < 1.29 is 0 Å². The molecule has 2 aromatic heterocycles. The molecule has 0 saturated carbocycles. The number of benzene rings is 2. The summed E-state index contributed by atoms with van der Waals surface area (Å²) < 4.78 is 2.33. The standard InChI is InChI=1S/C27H29N3/c1-21-12-19-30-25(20-21)26(23-10-6-3-7-11-23)28-27(30)24-14-17-29(18-15-24)16-13-22-8-4-2-5-9-22/h2-12,19-20,24H,13-18H2,1H3. The Morgan fingerprint density at radius 2 is 1.60 bits per heavy atom. The van der Waals surface area contributed by atoms with Crippen LogP contribution in [0, 0.1) is 6.92 Å². The topological polar surface area (TPSA) is 20.5 Å². The van der Waals surface area contributed by atoms with Crippen molar-refractivity contribution in [3.63, 3.8) is 0 Å². The van der Waals surface area contributed by atoms with Gasteiger partial charge >= 0.3 is 0 Å². The first-order valence-electron chi connectivity index (χ1n) is 11.1. The molecule has 1 fully saturated rings. The highest BCUT2D eigenvalue weighted by Crippen LogP contribution is 2.33. The summed E-state index contributed by atoms with van der Waals surface area (Å²) in [6.45, 7) is 5.61. The third-order valence-electron chi connectivity index (χ3n) is 6.39. The number of piperidine rings is 1. The van der Waals surface area contributed by atoms with Gasteiger partial charge in [0, 0.05) is 24.2 Å². The van der Waals surface area contributed by atoms with Crippen LogP contribution in [0.15, 0.2) is 79.0 Å². The number of hydrogen-bond donors (Lipinski definition) is 0. The Morgan fingerprint density at radius 3 is 2.33 bits per heavy atom. The van der Waals surface area contributed by atoms with Gasteiger partial charge in [0.05, 0.1) is 11.2 Å². The summed E-state index contributed by atoms with van der Waals surface area (Å²) in [6.07, 6.45) is 5.70. The van der Waals surface area contributed by atoms with Crippen molar-refractivity contribution in [2.75, 3.05) is 19.6 Å². The van der Waals surface area contributed by atoms with Gasteiger partial charge in [-0.1, -0.05) is 60.7 Å². The van der Waals surface area contributed by atoms with Crippen LogP contribution in [-0.2, 0) is 6.42 Å². The Bertz CT molecular complexity index is 1110. The fourth-order valence-corrected chi connectivity index (χ4v) is 4.66. The van der Waals surface area contributed by atoms with E-state index < -0.39 is 0 Å². The third-order valence-corrected chi connectivity index (χ3v) is 6.39. The lowest BCUT2D eigenvalue weighted by Crippen LogP contribution is -2.34. The van der Waals surface area contributed by atoms with E-state index in [1.54, 1.807) is 0 Å². The highest BCUT2D eigenvalue weighted by atomic mass is 15.1. The number of rotatable bonds is 5. The summed E-state index contributed by atoms with van der Waals surface area (Å²) in [5.74, 6) is 1.75. The largest absolute Gasteiger partial charge is 0.303 e. The van der Waals surface area contributed by atoms with Crippen LogP contribution >= 0.6 is 0 Å². The molecule has 30 heavy (non-hydrogen) atoms. The van der Waals surface area contributed by atoms with Gasteiger partial charge in [-0.15, -0.1) is 0 Å². The molecule has 1 aliphatic rings. The van der Waals surface area contributed by atoms with Crippen LogP contribution in [0.3, 0.4) is 0 Å². The molecule has 0 bridgehead atoms. The summed E-state index contributed by atoms with van der Waals surface area (Å²) in [7, 11) is 0. The molecule has 1 aliphatic heterocycles. The highest BCUT2D eigenvalue weighted by Gasteiger charge is 2.25. The van der Waals surface area contributed by atoms with Crippen LogP contribution in [-0.4, -0.2) is 33.9 Å². The van der Waals surface area contributed by atoms with Gasteiger partial charge in [0.1, 0.15) is 5.82 Å². The summed E-state index contributed by atoms with van der Waals surface area (Å²) in [4.78, 5) is 7.80. The zero-order valence-electron chi connectivity index (χ0n) is 17.7. The predicted molar refractivity (Wildman–Crippen MR) is 124 cm³/mol. The van der Waals surface area contributed by atoms with E-state index in [0.29, 0.717) is 5.92 Å². The lowest BCUT2D eigenvalue weighted by molar-refractivity contribution is 0.211. The summed E-state index contributed by atoms with van der Waals surface area (Å²) >= 11 is 0. The van der Waals surface area contributed by atoms with Crippen molar-refractivity contribution in [1.29, 1.82) is 0 Å². The summed E-state index contributed by atoms with van der Waals surface area (Å²) in [6, 6.07) is 25.9. The number of aryl methyl sites for hydroxylation is 1. The van der Waals surface area contributed by atoms with Gasteiger partial charge in [0.2, 0.25) is 0 Å². The molecule has 3 nitrogen and oxygen atoms in total. The van der Waals surface area contributed by atoms with E-state index in [1.165, 1.54) is 40.9 Å². The number of aromatic nitrogens is 2. The average molecular weight is 396 g/mol. The molecule has 2 aromatic carbocycles. The van der Waals surface area contributed by atoms with Crippen molar-refractivity contribution in [2.24, 2.45) is 0 Å². The van der Waals surface area contributed by atoms with Crippen molar-refractivity contribution in [3.05, 3.63) is 95.9 Å². The van der Waals surface area contributed by atoms with Crippen molar-refractivity contribution in [1.82, 2.24) is 14.3 Å². The predicted octanol–water partition coefficient (Wildman–Crippen LogP) is 5.73. The Kier molecular flexibility index (Phi) is 5.37. The molecule has 152 valence electrons. The van der Waals surface area contributed by atoms with E-state index in [0.717, 1.165) is 31.7 Å². The monoisotopic (exact) mass is 395 g/mol. The molecule has 0 spiro atoms. The zero-order chi connectivity index (χ0) is 20.3. The quantitative estimate of drug-likeness (QED) is 0.430. The molecule has 4 aromatic rings. The molecular formula is C27H29N3. The van der Waals surface area contributed by atoms with E-state index in [1.807, 2.05) is 0 Å². The van der Waals surface area contributed by atoms with Gasteiger partial charge in [-0.2, -0.15) is 0 Å². The number of imidazole rings is 1. The Balaban J connectivity index is 1.34. The zero-order valence-corrected chi connectivity index (χ0v) is 17.7. The lowest BCUT2D eigenvalue weighted by Gasteiger charge is -2.31. The Labute approximate surface area is 179 Å². The first kappa shape index (κ1) is 19.1. The van der Waals surface area contributed by atoms with Crippen molar-refractivity contribution in [2.45, 2.75) is 32.1 Å². The van der Waals surface area contributed by atoms with E-state index >= 15 is 0 Å². The van der Waals surface area contributed by atoms with Crippen LogP contribution in [0.5, 0.6) is 0 Å². The smallest absolute Gasteiger partial charge is 0.117 e. The van der Waals surface area contributed by atoms with Gasteiger partial charge in [-0.3, -0.25) is 0 Å². The molecule has 3 heterocycles. The molecule has 0 N–H and O–H groups in total. The van der Waals surface area contributed by atoms with Crippen LogP contribution in [0.4, 0.5) is 0 Å². The van der Waals surface area contributed by atoms with E-state index in [4.69, 9.17) is 4.98 Å². The van der Waals surface area contributed by atoms with E-state index in [-0.39, 0.29) is 0 Å². The highest BCUT2D eigenvalue weighted by molar-refractivity contribution is 5.78. The third kappa shape index (κ3) is 3.90. The Morgan fingerprint density at radius 1 is 0.900 bits per heavy atom. The minimum atomic E-state index is 0.519. The summed E-state index contributed by atoms with van der Waals surface area (Å²) in [5, 5.41) is 0. The number of likely N-dealkylation sites (tertiary alicyclic amines) is 1. The van der Waals surface area contributed by atoms with Crippen LogP contribution in [0.25, 0.3) is 16.8 Å². The molecule has 0 unspecified atom stereocenters. The first-order valence-corrected chi connectivity index (χ1v) is 11.1. The molecule has 3 heteroatoms. The number of fused-ring (bicyclic) bond motifs is 1. The minimum Gasteiger partial charge on any atom is -0.303 e. The van der Waals surface area contributed by atoms with Crippen LogP contribution < -0.4 is 0 Å². The maximum absolute atomic E-state index is 5.19. The molecule has 0 atom stereocenters. The second-order valence-electron chi connectivity index (χ2n) is 8.50. The van der Waals surface area contributed by atoms with Gasteiger partial charge in [-0.25, -0.2) is 4.98 Å². The van der Waals surface area contributed by atoms with Crippen molar-refractivity contribution >= 4 is 5.52 Å². The number of hydrogen-bond acceptors (Lipinski definition) is 2. The average Bonchev–Trinajstić information content (AvgIpc) is 3.18. The summed E-state index contributed by atoms with van der Waals surface area (Å²) in [5.41, 5.74) is 6.25. The fraction of sp³-hybridized carbons (Fsp3) is 0.296. The van der Waals surface area contributed by atoms with Gasteiger partial charge in [0.15, 0.2) is 0 Å². The normalized spacial score (nSPS) is 15.6. The van der Waals surface area contributed by atoms with Crippen LogP contribution in [0.1, 0.15) is 35.7 Å². The Hall–Kier alpha value is -2.91. The minimum absolute atomic E-state index is 0.519. The molecular weight excluding hydrogens is 366 g/mol. The molecule has 0 radical (unpaired) electrons. The van der Waals surface area contributed by atoms with Gasteiger partial charge < -0.3 is 9.30 Å². The molecule has 0 aliphatic carbocycles. The van der Waals surface area contributed by atoms with Gasteiger partial charge in [0.25, 0.3) is 0 Å². The molecule has 0 amide bonds. The maximum Gasteiger partial charge on any atom is 0.117 e. The molecule has 1 saturated heterocycles. The van der Waals surface area contributed by atoms with E-state index in [2.05, 4.69) is 95.2 Å². The first-order chi connectivity index (χ1) is 14.8. The van der Waals surface area contributed by atoms with Gasteiger partial charge in [-0.05, 0) is 62.5 Å².